The first-order valence-electron chi connectivity index (χ1n) is 7.83. The van der Waals surface area contributed by atoms with Crippen molar-refractivity contribution in [2.75, 3.05) is 6.61 Å². The number of aliphatic hydroxyl groups excluding tert-OH is 1. The molecule has 0 radical (unpaired) electrons. The largest absolute Gasteiger partial charge is 0.394 e. The summed E-state index contributed by atoms with van der Waals surface area (Å²) in [7, 11) is 0. The van der Waals surface area contributed by atoms with E-state index in [2.05, 4.69) is 17.6 Å². The molecule has 2 fully saturated rings. The molecular formula is C15H28N2O2. The zero-order valence-electron chi connectivity index (χ0n) is 12.1. The van der Waals surface area contributed by atoms with E-state index in [0.29, 0.717) is 12.0 Å². The quantitative estimate of drug-likeness (QED) is 0.736. The molecule has 0 heterocycles. The Balaban J connectivity index is 1.84. The number of rotatable bonds is 3. The van der Waals surface area contributed by atoms with Crippen LogP contribution in [0.15, 0.2) is 0 Å². The molecular weight excluding hydrogens is 240 g/mol. The Kier molecular flexibility index (Phi) is 5.08. The van der Waals surface area contributed by atoms with Crippen LogP contribution in [0, 0.1) is 5.92 Å². The summed E-state index contributed by atoms with van der Waals surface area (Å²) >= 11 is 0. The number of hydrogen-bond acceptors (Lipinski definition) is 2. The Hall–Kier alpha value is -0.770. The minimum atomic E-state index is -0.392. The number of hydrogen-bond donors (Lipinski definition) is 3. The maximum atomic E-state index is 12.1. The van der Waals surface area contributed by atoms with E-state index >= 15 is 0 Å². The maximum Gasteiger partial charge on any atom is 0.315 e. The Bertz CT molecular complexity index is 303. The van der Waals surface area contributed by atoms with Crippen molar-refractivity contribution in [2.45, 2.75) is 76.3 Å². The highest BCUT2D eigenvalue weighted by Crippen LogP contribution is 2.32. The first-order chi connectivity index (χ1) is 9.13. The van der Waals surface area contributed by atoms with Crippen LogP contribution in [0.4, 0.5) is 4.79 Å². The van der Waals surface area contributed by atoms with Crippen molar-refractivity contribution < 1.29 is 9.90 Å². The molecule has 0 aromatic carbocycles. The molecule has 2 atom stereocenters. The van der Waals surface area contributed by atoms with Gasteiger partial charge >= 0.3 is 6.03 Å². The molecule has 19 heavy (non-hydrogen) atoms. The Morgan fingerprint density at radius 1 is 1.21 bits per heavy atom. The van der Waals surface area contributed by atoms with E-state index in [0.717, 1.165) is 32.1 Å². The minimum absolute atomic E-state index is 0.0510. The third kappa shape index (κ3) is 4.10. The topological polar surface area (TPSA) is 61.4 Å². The van der Waals surface area contributed by atoms with E-state index < -0.39 is 5.54 Å². The fourth-order valence-corrected chi connectivity index (χ4v) is 3.67. The third-order valence-corrected chi connectivity index (χ3v) is 4.71. The van der Waals surface area contributed by atoms with Gasteiger partial charge in [-0.15, -0.1) is 0 Å². The molecule has 4 heteroatoms. The van der Waals surface area contributed by atoms with Crippen LogP contribution >= 0.6 is 0 Å². The Morgan fingerprint density at radius 2 is 1.95 bits per heavy atom. The highest BCUT2D eigenvalue weighted by Gasteiger charge is 2.36. The van der Waals surface area contributed by atoms with Gasteiger partial charge in [0, 0.05) is 6.04 Å². The van der Waals surface area contributed by atoms with Crippen molar-refractivity contribution >= 4 is 6.03 Å². The second-order valence-corrected chi connectivity index (χ2v) is 6.57. The summed E-state index contributed by atoms with van der Waals surface area (Å²) in [6.07, 6.45) is 9.98. The van der Waals surface area contributed by atoms with E-state index in [1.165, 1.54) is 25.7 Å². The van der Waals surface area contributed by atoms with E-state index in [-0.39, 0.29) is 12.6 Å². The number of amides is 2. The standard InChI is InChI=1S/C15H28N2O2/c1-12-6-5-9-15(10-12,11-18)17-14(19)16-13-7-3-2-4-8-13/h12-13,18H,2-11H2,1H3,(H2,16,17,19). The molecule has 0 saturated heterocycles. The highest BCUT2D eigenvalue weighted by molar-refractivity contribution is 5.75. The van der Waals surface area contributed by atoms with Crippen LogP contribution in [-0.2, 0) is 0 Å². The van der Waals surface area contributed by atoms with Crippen LogP contribution in [0.2, 0.25) is 0 Å². The lowest BCUT2D eigenvalue weighted by molar-refractivity contribution is 0.105. The van der Waals surface area contributed by atoms with Crippen molar-refractivity contribution in [1.29, 1.82) is 0 Å². The molecule has 2 aliphatic rings. The molecule has 0 aromatic heterocycles. The van der Waals surface area contributed by atoms with Crippen LogP contribution in [0.5, 0.6) is 0 Å². The van der Waals surface area contributed by atoms with Gasteiger partial charge in [0.15, 0.2) is 0 Å². The summed E-state index contributed by atoms with van der Waals surface area (Å²) in [6, 6.07) is 0.237. The Labute approximate surface area is 116 Å². The lowest BCUT2D eigenvalue weighted by Gasteiger charge is -2.39. The molecule has 2 aliphatic carbocycles. The van der Waals surface area contributed by atoms with Gasteiger partial charge in [0.2, 0.25) is 0 Å². The first-order valence-corrected chi connectivity index (χ1v) is 7.83. The molecule has 2 unspecified atom stereocenters. The zero-order chi connectivity index (χ0) is 13.7. The fourth-order valence-electron chi connectivity index (χ4n) is 3.67. The first kappa shape index (κ1) is 14.6. The predicted octanol–water partition coefficient (Wildman–Crippen LogP) is 2.56. The van der Waals surface area contributed by atoms with Crippen LogP contribution < -0.4 is 10.6 Å². The van der Waals surface area contributed by atoms with E-state index in [1.807, 2.05) is 0 Å². The predicted molar refractivity (Wildman–Crippen MR) is 76.0 cm³/mol. The van der Waals surface area contributed by atoms with Crippen molar-refractivity contribution in [3.8, 4) is 0 Å². The van der Waals surface area contributed by atoms with Crippen LogP contribution in [0.1, 0.15) is 64.7 Å². The van der Waals surface area contributed by atoms with Gasteiger partial charge in [0.05, 0.1) is 12.1 Å². The van der Waals surface area contributed by atoms with Gasteiger partial charge in [-0.2, -0.15) is 0 Å². The van der Waals surface area contributed by atoms with Crippen molar-refractivity contribution in [2.24, 2.45) is 5.92 Å². The zero-order valence-corrected chi connectivity index (χ0v) is 12.1. The maximum absolute atomic E-state index is 12.1. The molecule has 110 valence electrons. The van der Waals surface area contributed by atoms with Crippen molar-refractivity contribution in [3.05, 3.63) is 0 Å². The number of aliphatic hydroxyl groups is 1. The van der Waals surface area contributed by atoms with Crippen LogP contribution in [0.3, 0.4) is 0 Å². The fraction of sp³-hybridized carbons (Fsp3) is 0.933. The SMILES string of the molecule is CC1CCCC(CO)(NC(=O)NC2CCCCC2)C1. The molecule has 2 amide bonds. The van der Waals surface area contributed by atoms with Gasteiger partial charge in [-0.25, -0.2) is 4.79 Å². The third-order valence-electron chi connectivity index (χ3n) is 4.71. The van der Waals surface area contributed by atoms with Gasteiger partial charge in [0.25, 0.3) is 0 Å². The molecule has 0 aliphatic heterocycles. The Morgan fingerprint density at radius 3 is 2.58 bits per heavy atom. The normalized spacial score (nSPS) is 32.8. The highest BCUT2D eigenvalue weighted by atomic mass is 16.3. The molecule has 4 nitrogen and oxygen atoms in total. The lowest BCUT2D eigenvalue weighted by atomic mass is 9.77. The average molecular weight is 268 g/mol. The number of nitrogens with one attached hydrogen (secondary N) is 2. The molecule has 2 rings (SSSR count). The smallest absolute Gasteiger partial charge is 0.315 e. The molecule has 0 spiro atoms. The molecule has 0 aromatic rings. The van der Waals surface area contributed by atoms with Crippen molar-refractivity contribution in [1.82, 2.24) is 10.6 Å². The second kappa shape index (κ2) is 6.60. The molecule has 2 saturated carbocycles. The average Bonchev–Trinajstić information content (AvgIpc) is 2.39. The summed E-state index contributed by atoms with van der Waals surface area (Å²) in [4.78, 5) is 12.1. The van der Waals surface area contributed by atoms with Gasteiger partial charge in [0.1, 0.15) is 0 Å². The van der Waals surface area contributed by atoms with E-state index in [9.17, 15) is 9.90 Å². The summed E-state index contributed by atoms with van der Waals surface area (Å²) in [5.41, 5.74) is -0.392. The number of carbonyl (C=O) groups is 1. The minimum Gasteiger partial charge on any atom is -0.394 e. The number of urea groups is 1. The summed E-state index contributed by atoms with van der Waals surface area (Å²) in [5.74, 6) is 0.580. The van der Waals surface area contributed by atoms with Gasteiger partial charge < -0.3 is 15.7 Å². The van der Waals surface area contributed by atoms with Gasteiger partial charge in [-0.05, 0) is 31.6 Å². The summed E-state index contributed by atoms with van der Waals surface area (Å²) in [5, 5.41) is 15.8. The lowest BCUT2D eigenvalue weighted by Crippen LogP contribution is -2.57. The summed E-state index contributed by atoms with van der Waals surface area (Å²) in [6.45, 7) is 2.25. The monoisotopic (exact) mass is 268 g/mol. The van der Waals surface area contributed by atoms with Gasteiger partial charge in [-0.1, -0.05) is 39.0 Å². The molecule has 0 bridgehead atoms. The van der Waals surface area contributed by atoms with E-state index in [4.69, 9.17) is 0 Å². The second-order valence-electron chi connectivity index (χ2n) is 6.57. The van der Waals surface area contributed by atoms with E-state index in [1.54, 1.807) is 0 Å². The number of carbonyl (C=O) groups excluding carboxylic acids is 1. The van der Waals surface area contributed by atoms with Crippen LogP contribution in [-0.4, -0.2) is 29.3 Å². The van der Waals surface area contributed by atoms with Gasteiger partial charge in [-0.3, -0.25) is 0 Å². The molecule has 3 N–H and O–H groups in total. The van der Waals surface area contributed by atoms with Crippen molar-refractivity contribution in [3.63, 3.8) is 0 Å². The van der Waals surface area contributed by atoms with Crippen LogP contribution in [0.25, 0.3) is 0 Å². The summed E-state index contributed by atoms with van der Waals surface area (Å²) < 4.78 is 0.